The van der Waals surface area contributed by atoms with E-state index in [0.717, 1.165) is 0 Å². The van der Waals surface area contributed by atoms with Crippen LogP contribution in [0.25, 0.3) is 0 Å². The van der Waals surface area contributed by atoms with Crippen molar-refractivity contribution < 1.29 is 39.4 Å². The third-order valence-electron chi connectivity index (χ3n) is 1.05. The van der Waals surface area contributed by atoms with Gasteiger partial charge in [0.1, 0.15) is 5.75 Å². The first-order valence-electron chi connectivity index (χ1n) is 3.16. The Balaban J connectivity index is 0.000001000. The molecule has 0 bridgehead atoms. The van der Waals surface area contributed by atoms with Gasteiger partial charge in [-0.25, -0.2) is 0 Å². The van der Waals surface area contributed by atoms with Crippen LogP contribution in [0.15, 0.2) is 30.3 Å². The molecule has 1 aromatic rings. The van der Waals surface area contributed by atoms with E-state index in [-0.39, 0.29) is 29.6 Å². The molecule has 0 saturated carbocycles. The van der Waals surface area contributed by atoms with Crippen molar-refractivity contribution in [3.8, 4) is 5.75 Å². The van der Waals surface area contributed by atoms with Crippen LogP contribution in [0.3, 0.4) is 0 Å². The van der Waals surface area contributed by atoms with Crippen molar-refractivity contribution >= 4 is 0 Å². The van der Waals surface area contributed by atoms with E-state index in [1.165, 1.54) is 6.92 Å². The fourth-order valence-electron chi connectivity index (χ4n) is 0.691. The van der Waals surface area contributed by atoms with Gasteiger partial charge in [-0.05, 0) is 19.1 Å². The maximum absolute atomic E-state index is 10.5. The van der Waals surface area contributed by atoms with Crippen LogP contribution >= 0.6 is 0 Å². The largest absolute Gasteiger partial charge is 1.00 e. The number of rotatable bonds is 2. The monoisotopic (exact) mass is 160 g/mol. The van der Waals surface area contributed by atoms with Crippen molar-refractivity contribution in [2.75, 3.05) is 0 Å². The normalized spacial score (nSPS) is 11.5. The van der Waals surface area contributed by atoms with Crippen LogP contribution in [0.2, 0.25) is 0 Å². The molecule has 0 heterocycles. The van der Waals surface area contributed by atoms with Crippen LogP contribution in [0.5, 0.6) is 5.75 Å². The summed E-state index contributed by atoms with van der Waals surface area (Å²) < 4.78 is 4.86. The molecule has 0 aliphatic rings. The summed E-state index contributed by atoms with van der Waals surface area (Å²) in [5, 5.41) is 10.5. The molecule has 0 spiro atoms. The van der Waals surface area contributed by atoms with E-state index in [0.29, 0.717) is 5.75 Å². The number of ether oxygens (including phenoxy) is 1. The molecule has 1 aromatic carbocycles. The average molecular weight is 160 g/mol. The van der Waals surface area contributed by atoms with E-state index in [9.17, 15) is 5.11 Å². The Labute approximate surface area is 88.5 Å². The Morgan fingerprint density at radius 2 is 1.82 bits per heavy atom. The fourth-order valence-corrected chi connectivity index (χ4v) is 0.691. The van der Waals surface area contributed by atoms with Crippen molar-refractivity contribution in [2.45, 2.75) is 13.2 Å². The van der Waals surface area contributed by atoms with Gasteiger partial charge in [0.15, 0.2) is 0 Å². The third-order valence-corrected chi connectivity index (χ3v) is 1.05. The Kier molecular flexibility index (Phi) is 5.60. The zero-order valence-electron chi connectivity index (χ0n) is 6.78. The minimum Gasteiger partial charge on any atom is -0.822 e. The zero-order chi connectivity index (χ0) is 7.40. The molecule has 2 nitrogen and oxygen atoms in total. The summed E-state index contributed by atoms with van der Waals surface area (Å²) >= 11 is 0. The molecule has 0 N–H and O–H groups in total. The molecular weight excluding hydrogens is 151 g/mol. The predicted molar refractivity (Wildman–Crippen MR) is 36.5 cm³/mol. The molecule has 1 unspecified atom stereocenters. The van der Waals surface area contributed by atoms with Crippen molar-refractivity contribution in [1.82, 2.24) is 0 Å². The molecule has 1 atom stereocenters. The minimum absolute atomic E-state index is 0. The van der Waals surface area contributed by atoms with E-state index in [4.69, 9.17) is 4.74 Å². The van der Waals surface area contributed by atoms with Gasteiger partial charge in [-0.15, -0.1) is 0 Å². The van der Waals surface area contributed by atoms with Crippen LogP contribution in [0.1, 0.15) is 6.92 Å². The summed E-state index contributed by atoms with van der Waals surface area (Å²) in [6, 6.07) is 9.06. The number of hydrogen-bond donors (Lipinski definition) is 0. The topological polar surface area (TPSA) is 32.3 Å². The molecule has 11 heavy (non-hydrogen) atoms. The van der Waals surface area contributed by atoms with Gasteiger partial charge in [-0.1, -0.05) is 18.2 Å². The van der Waals surface area contributed by atoms with E-state index in [1.807, 2.05) is 18.2 Å². The van der Waals surface area contributed by atoms with Crippen LogP contribution in [-0.4, -0.2) is 6.29 Å². The Bertz CT molecular complexity index is 187. The number of hydrogen-bond acceptors (Lipinski definition) is 2. The van der Waals surface area contributed by atoms with Crippen molar-refractivity contribution in [1.29, 1.82) is 0 Å². The summed E-state index contributed by atoms with van der Waals surface area (Å²) in [5.74, 6) is 0.630. The standard InChI is InChI=1S/C8H9O2.Na/c1-7(9)10-8-5-3-2-4-6-8;/h2-7H,1H3;/q-1;+1. The molecule has 1 rings (SSSR count). The van der Waals surface area contributed by atoms with E-state index in [1.54, 1.807) is 12.1 Å². The van der Waals surface area contributed by atoms with Gasteiger partial charge >= 0.3 is 29.6 Å². The van der Waals surface area contributed by atoms with Gasteiger partial charge in [0.25, 0.3) is 0 Å². The maximum Gasteiger partial charge on any atom is 1.00 e. The van der Waals surface area contributed by atoms with Gasteiger partial charge in [0.05, 0.1) is 0 Å². The summed E-state index contributed by atoms with van der Waals surface area (Å²) in [7, 11) is 0. The third kappa shape index (κ3) is 4.43. The molecule has 0 radical (unpaired) electrons. The first-order chi connectivity index (χ1) is 4.79. The quantitative estimate of drug-likeness (QED) is 0.362. The van der Waals surface area contributed by atoms with Crippen molar-refractivity contribution in [3.05, 3.63) is 30.3 Å². The minimum atomic E-state index is -0.984. The van der Waals surface area contributed by atoms with Gasteiger partial charge in [-0.2, -0.15) is 0 Å². The Morgan fingerprint density at radius 3 is 2.27 bits per heavy atom. The molecule has 0 saturated heterocycles. The predicted octanol–water partition coefficient (Wildman–Crippen LogP) is -2.22. The fraction of sp³-hybridized carbons (Fsp3) is 0.250. The molecule has 0 aromatic heterocycles. The molecule has 0 amide bonds. The molecule has 54 valence electrons. The van der Waals surface area contributed by atoms with E-state index >= 15 is 0 Å². The van der Waals surface area contributed by atoms with Crippen LogP contribution < -0.4 is 39.4 Å². The van der Waals surface area contributed by atoms with Gasteiger partial charge in [0.2, 0.25) is 0 Å². The second kappa shape index (κ2) is 5.61. The van der Waals surface area contributed by atoms with Crippen molar-refractivity contribution in [2.24, 2.45) is 0 Å². The number of benzene rings is 1. The van der Waals surface area contributed by atoms with E-state index < -0.39 is 6.29 Å². The summed E-state index contributed by atoms with van der Waals surface area (Å²) in [6.07, 6.45) is -0.984. The second-order valence-electron chi connectivity index (χ2n) is 2.00. The molecule has 0 aliphatic heterocycles. The molecule has 0 aliphatic carbocycles. The van der Waals surface area contributed by atoms with Crippen LogP contribution in [0, 0.1) is 0 Å². The smallest absolute Gasteiger partial charge is 0.822 e. The average Bonchev–Trinajstić information content (AvgIpc) is 1.88. The van der Waals surface area contributed by atoms with Crippen LogP contribution in [-0.2, 0) is 0 Å². The Hall–Kier alpha value is -0.0200. The van der Waals surface area contributed by atoms with E-state index in [2.05, 4.69) is 0 Å². The Morgan fingerprint density at radius 1 is 1.27 bits per heavy atom. The second-order valence-corrected chi connectivity index (χ2v) is 2.00. The summed E-state index contributed by atoms with van der Waals surface area (Å²) in [6.45, 7) is 1.47. The summed E-state index contributed by atoms with van der Waals surface area (Å²) in [4.78, 5) is 0. The number of para-hydroxylation sites is 1. The SMILES string of the molecule is CC([O-])Oc1ccccc1.[Na+]. The first-order valence-corrected chi connectivity index (χ1v) is 3.16. The maximum atomic E-state index is 10.5. The zero-order valence-corrected chi connectivity index (χ0v) is 8.78. The summed E-state index contributed by atoms with van der Waals surface area (Å²) in [5.41, 5.74) is 0. The van der Waals surface area contributed by atoms with Gasteiger partial charge < -0.3 is 9.84 Å². The molecule has 3 heteroatoms. The van der Waals surface area contributed by atoms with Crippen molar-refractivity contribution in [3.63, 3.8) is 0 Å². The molecular formula is C8H9NaO2. The van der Waals surface area contributed by atoms with Gasteiger partial charge in [-0.3, -0.25) is 0 Å². The molecule has 0 fully saturated rings. The van der Waals surface area contributed by atoms with Crippen LogP contribution in [0.4, 0.5) is 0 Å². The first kappa shape index (κ1) is 11.0. The van der Waals surface area contributed by atoms with Gasteiger partial charge in [0, 0.05) is 6.29 Å².